The van der Waals surface area contributed by atoms with E-state index in [4.69, 9.17) is 0 Å². The Morgan fingerprint density at radius 2 is 1.90 bits per heavy atom. The predicted molar refractivity (Wildman–Crippen MR) is 83.1 cm³/mol. The molecule has 5 nitrogen and oxygen atoms in total. The summed E-state index contributed by atoms with van der Waals surface area (Å²) in [6, 6.07) is 6.35. The van der Waals surface area contributed by atoms with Crippen LogP contribution in [0.5, 0.6) is 0 Å². The lowest BCUT2D eigenvalue weighted by Gasteiger charge is -2.16. The van der Waals surface area contributed by atoms with Gasteiger partial charge in [0.2, 0.25) is 5.91 Å². The summed E-state index contributed by atoms with van der Waals surface area (Å²) in [5.41, 5.74) is 3.74. The molecule has 21 heavy (non-hydrogen) atoms. The van der Waals surface area contributed by atoms with Gasteiger partial charge < -0.3 is 15.1 Å². The summed E-state index contributed by atoms with van der Waals surface area (Å²) in [5, 5.41) is 2.65. The van der Waals surface area contributed by atoms with Crippen LogP contribution in [0.3, 0.4) is 0 Å². The zero-order chi connectivity index (χ0) is 16.0. The molecule has 1 aromatic rings. The van der Waals surface area contributed by atoms with Crippen LogP contribution >= 0.6 is 0 Å². The highest BCUT2D eigenvalue weighted by Gasteiger charge is 2.13. The van der Waals surface area contributed by atoms with Gasteiger partial charge in [0.15, 0.2) is 6.54 Å². The van der Waals surface area contributed by atoms with E-state index in [2.05, 4.69) is 37.4 Å². The number of carbonyl (C=O) groups excluding carboxylic acids is 2. The molecule has 0 aliphatic carbocycles. The van der Waals surface area contributed by atoms with Gasteiger partial charge in [0.05, 0.1) is 13.6 Å². The number of benzene rings is 1. The molecular formula is C16H26N3O2+. The second kappa shape index (κ2) is 7.78. The Hall–Kier alpha value is -1.88. The molecule has 1 atom stereocenters. The Bertz CT molecular complexity index is 512. The van der Waals surface area contributed by atoms with Crippen molar-refractivity contribution in [3.8, 4) is 0 Å². The number of aryl methyl sites for hydroxylation is 2. The fraction of sp³-hybridized carbons (Fsp3) is 0.500. The van der Waals surface area contributed by atoms with Gasteiger partial charge in [-0.15, -0.1) is 0 Å². The molecule has 0 aliphatic rings. The van der Waals surface area contributed by atoms with Gasteiger partial charge in [-0.3, -0.25) is 9.59 Å². The van der Waals surface area contributed by atoms with Crippen molar-refractivity contribution in [3.63, 3.8) is 0 Å². The Labute approximate surface area is 126 Å². The van der Waals surface area contributed by atoms with E-state index in [1.54, 1.807) is 14.1 Å². The third-order valence-corrected chi connectivity index (χ3v) is 3.39. The van der Waals surface area contributed by atoms with Crippen LogP contribution in [0.15, 0.2) is 18.2 Å². The second-order valence-electron chi connectivity index (χ2n) is 5.81. The number of carbonyl (C=O) groups is 2. The van der Waals surface area contributed by atoms with Crippen molar-refractivity contribution in [3.05, 3.63) is 34.9 Å². The normalized spacial score (nSPS) is 11.9. The molecule has 0 saturated carbocycles. The Kier molecular flexibility index (Phi) is 6.37. The van der Waals surface area contributed by atoms with E-state index in [-0.39, 0.29) is 18.4 Å². The zero-order valence-corrected chi connectivity index (χ0v) is 13.6. The van der Waals surface area contributed by atoms with Crippen LogP contribution in [0, 0.1) is 13.8 Å². The van der Waals surface area contributed by atoms with Gasteiger partial charge in [0.25, 0.3) is 5.91 Å². The molecule has 0 spiro atoms. The average molecular weight is 292 g/mol. The Balaban J connectivity index is 2.44. The summed E-state index contributed by atoms with van der Waals surface area (Å²) in [6.45, 7) is 5.37. The van der Waals surface area contributed by atoms with Crippen LogP contribution in [0.2, 0.25) is 0 Å². The maximum atomic E-state index is 11.8. The minimum atomic E-state index is -0.104. The lowest BCUT2D eigenvalue weighted by Crippen LogP contribution is -3.09. The number of likely N-dealkylation sites (N-methyl/N-ethyl adjacent to an activating group) is 2. The van der Waals surface area contributed by atoms with Gasteiger partial charge >= 0.3 is 0 Å². The molecule has 2 N–H and O–H groups in total. The number of nitrogens with one attached hydrogen (secondary N) is 2. The molecule has 0 radical (unpaired) electrons. The van der Waals surface area contributed by atoms with Crippen molar-refractivity contribution in [1.82, 2.24) is 10.2 Å². The molecule has 0 fully saturated rings. The molecule has 0 bridgehead atoms. The molecule has 1 unspecified atom stereocenters. The van der Waals surface area contributed by atoms with E-state index in [0.717, 1.165) is 11.4 Å². The van der Waals surface area contributed by atoms with E-state index in [9.17, 15) is 9.59 Å². The van der Waals surface area contributed by atoms with Gasteiger partial charge in [-0.05, 0) is 19.4 Å². The molecular weight excluding hydrogens is 266 g/mol. The van der Waals surface area contributed by atoms with E-state index in [1.807, 2.05) is 7.05 Å². The summed E-state index contributed by atoms with van der Waals surface area (Å²) < 4.78 is 0. The summed E-state index contributed by atoms with van der Waals surface area (Å²) >= 11 is 0. The molecule has 0 aliphatic heterocycles. The van der Waals surface area contributed by atoms with Crippen molar-refractivity contribution >= 4 is 11.8 Å². The van der Waals surface area contributed by atoms with Crippen LogP contribution in [-0.4, -0.2) is 50.9 Å². The highest BCUT2D eigenvalue weighted by molar-refractivity contribution is 5.84. The molecule has 1 aromatic carbocycles. The SMILES string of the molecule is Cc1ccc(C[NH+](C)CC(=O)NCC(=O)N(C)C)c(C)c1. The standard InChI is InChI=1S/C16H25N3O2/c1-12-6-7-14(13(2)8-12)10-19(5)11-15(20)17-9-16(21)18(3)4/h6-8H,9-11H2,1-5H3,(H,17,20)/p+1. The maximum absolute atomic E-state index is 11.8. The van der Waals surface area contributed by atoms with E-state index < -0.39 is 0 Å². The van der Waals surface area contributed by atoms with Gasteiger partial charge in [0, 0.05) is 19.7 Å². The number of hydrogen-bond acceptors (Lipinski definition) is 2. The molecule has 0 aromatic heterocycles. The quantitative estimate of drug-likeness (QED) is 0.744. The minimum Gasteiger partial charge on any atom is -0.347 e. The third-order valence-electron chi connectivity index (χ3n) is 3.39. The first kappa shape index (κ1) is 17.2. The minimum absolute atomic E-state index is 0.0582. The highest BCUT2D eigenvalue weighted by atomic mass is 16.2. The van der Waals surface area contributed by atoms with Crippen LogP contribution in [-0.2, 0) is 16.1 Å². The first-order valence-electron chi connectivity index (χ1n) is 7.14. The van der Waals surface area contributed by atoms with Crippen molar-refractivity contribution in [2.45, 2.75) is 20.4 Å². The van der Waals surface area contributed by atoms with Crippen molar-refractivity contribution in [2.24, 2.45) is 0 Å². The smallest absolute Gasteiger partial charge is 0.275 e. The lowest BCUT2D eigenvalue weighted by molar-refractivity contribution is -0.885. The largest absolute Gasteiger partial charge is 0.347 e. The fourth-order valence-electron chi connectivity index (χ4n) is 2.10. The van der Waals surface area contributed by atoms with Crippen LogP contribution < -0.4 is 10.2 Å². The number of rotatable bonds is 6. The average Bonchev–Trinajstić information content (AvgIpc) is 2.39. The highest BCUT2D eigenvalue weighted by Crippen LogP contribution is 2.08. The van der Waals surface area contributed by atoms with Crippen molar-refractivity contribution < 1.29 is 14.5 Å². The monoisotopic (exact) mass is 292 g/mol. The topological polar surface area (TPSA) is 53.9 Å². The van der Waals surface area contributed by atoms with E-state index in [0.29, 0.717) is 6.54 Å². The van der Waals surface area contributed by atoms with Gasteiger partial charge in [-0.2, -0.15) is 0 Å². The molecule has 0 heterocycles. The molecule has 5 heteroatoms. The molecule has 0 saturated heterocycles. The summed E-state index contributed by atoms with van der Waals surface area (Å²) in [5.74, 6) is -0.206. The van der Waals surface area contributed by atoms with Gasteiger partial charge in [0.1, 0.15) is 6.54 Å². The number of nitrogens with zero attached hydrogens (tertiary/aromatic N) is 1. The fourth-order valence-corrected chi connectivity index (χ4v) is 2.10. The summed E-state index contributed by atoms with van der Waals surface area (Å²) in [7, 11) is 5.32. The Morgan fingerprint density at radius 3 is 2.48 bits per heavy atom. The van der Waals surface area contributed by atoms with Crippen molar-refractivity contribution in [1.29, 1.82) is 0 Å². The molecule has 1 rings (SSSR count). The summed E-state index contributed by atoms with van der Waals surface area (Å²) in [4.78, 5) is 25.8. The zero-order valence-electron chi connectivity index (χ0n) is 13.6. The van der Waals surface area contributed by atoms with Crippen molar-refractivity contribution in [2.75, 3.05) is 34.2 Å². The lowest BCUT2D eigenvalue weighted by atomic mass is 10.1. The first-order valence-corrected chi connectivity index (χ1v) is 7.14. The molecule has 116 valence electrons. The number of hydrogen-bond donors (Lipinski definition) is 2. The number of amides is 2. The van der Waals surface area contributed by atoms with E-state index in [1.165, 1.54) is 21.6 Å². The first-order chi connectivity index (χ1) is 9.79. The van der Waals surface area contributed by atoms with E-state index >= 15 is 0 Å². The summed E-state index contributed by atoms with van der Waals surface area (Å²) in [6.07, 6.45) is 0. The molecule has 2 amide bonds. The number of quaternary nitrogens is 1. The maximum Gasteiger partial charge on any atom is 0.275 e. The van der Waals surface area contributed by atoms with Crippen LogP contribution in [0.4, 0.5) is 0 Å². The van der Waals surface area contributed by atoms with Gasteiger partial charge in [-0.1, -0.05) is 23.8 Å². The predicted octanol–water partition coefficient (Wildman–Crippen LogP) is -0.477. The van der Waals surface area contributed by atoms with Crippen LogP contribution in [0.1, 0.15) is 16.7 Å². The third kappa shape index (κ3) is 5.95. The van der Waals surface area contributed by atoms with Crippen LogP contribution in [0.25, 0.3) is 0 Å². The van der Waals surface area contributed by atoms with Gasteiger partial charge in [-0.25, -0.2) is 0 Å². The Morgan fingerprint density at radius 1 is 1.24 bits per heavy atom. The second-order valence-corrected chi connectivity index (χ2v) is 5.81.